The third-order valence-corrected chi connectivity index (χ3v) is 2.96. The van der Waals surface area contributed by atoms with Gasteiger partial charge in [-0.3, -0.25) is 0 Å². The van der Waals surface area contributed by atoms with Crippen LogP contribution in [0.25, 0.3) is 0 Å². The highest BCUT2D eigenvalue weighted by atomic mass is 35.5. The Labute approximate surface area is 109 Å². The molecule has 0 fully saturated rings. The molecular weight excluding hydrogens is 261 g/mol. The minimum atomic E-state index is -0.0104. The van der Waals surface area contributed by atoms with Crippen LogP contribution in [0, 0.1) is 0 Å². The lowest BCUT2D eigenvalue weighted by Gasteiger charge is -2.11. The van der Waals surface area contributed by atoms with E-state index < -0.39 is 0 Å². The highest BCUT2D eigenvalue weighted by molar-refractivity contribution is 6.33. The number of tetrazole rings is 1. The summed E-state index contributed by atoms with van der Waals surface area (Å²) in [4.78, 5) is 0. The van der Waals surface area contributed by atoms with Crippen molar-refractivity contribution in [2.75, 3.05) is 0 Å². The number of halogens is 2. The van der Waals surface area contributed by atoms with Crippen molar-refractivity contribution in [2.24, 2.45) is 0 Å². The van der Waals surface area contributed by atoms with Crippen LogP contribution in [0.3, 0.4) is 0 Å². The Kier molecular flexibility index (Phi) is 3.93. The molecule has 1 unspecified atom stereocenters. The van der Waals surface area contributed by atoms with Crippen molar-refractivity contribution in [3.63, 3.8) is 0 Å². The monoisotopic (exact) mass is 271 g/mol. The molecule has 7 heteroatoms. The van der Waals surface area contributed by atoms with E-state index in [-0.39, 0.29) is 6.04 Å². The number of aromatic amines is 1. The molecule has 0 saturated heterocycles. The zero-order valence-electron chi connectivity index (χ0n) is 9.11. The van der Waals surface area contributed by atoms with Gasteiger partial charge in [-0.15, -0.1) is 10.2 Å². The van der Waals surface area contributed by atoms with E-state index in [1.807, 2.05) is 13.0 Å². The molecule has 1 atom stereocenters. The molecule has 1 heterocycles. The average Bonchev–Trinajstić information content (AvgIpc) is 2.83. The molecule has 0 amide bonds. The summed E-state index contributed by atoms with van der Waals surface area (Å²) in [7, 11) is 0. The van der Waals surface area contributed by atoms with Gasteiger partial charge < -0.3 is 5.32 Å². The van der Waals surface area contributed by atoms with Gasteiger partial charge in [-0.25, -0.2) is 0 Å². The van der Waals surface area contributed by atoms with Gasteiger partial charge in [-0.05, 0) is 30.7 Å². The topological polar surface area (TPSA) is 66.5 Å². The Morgan fingerprint density at radius 1 is 1.41 bits per heavy atom. The molecule has 0 bridgehead atoms. The van der Waals surface area contributed by atoms with Crippen LogP contribution in [0.15, 0.2) is 18.2 Å². The maximum atomic E-state index is 6.06. The van der Waals surface area contributed by atoms with Gasteiger partial charge in [0, 0.05) is 16.6 Å². The molecule has 2 N–H and O–H groups in total. The van der Waals surface area contributed by atoms with Crippen molar-refractivity contribution in [2.45, 2.75) is 19.5 Å². The molecular formula is C10H11Cl2N5. The second-order valence-electron chi connectivity index (χ2n) is 3.61. The lowest BCUT2D eigenvalue weighted by atomic mass is 10.2. The maximum absolute atomic E-state index is 6.06. The number of hydrogen-bond donors (Lipinski definition) is 2. The predicted molar refractivity (Wildman–Crippen MR) is 65.9 cm³/mol. The zero-order valence-corrected chi connectivity index (χ0v) is 10.6. The van der Waals surface area contributed by atoms with E-state index in [0.29, 0.717) is 22.4 Å². The Hall–Kier alpha value is -1.17. The summed E-state index contributed by atoms with van der Waals surface area (Å²) in [5, 5.41) is 18.3. The summed E-state index contributed by atoms with van der Waals surface area (Å²) in [6, 6.07) is 5.36. The van der Waals surface area contributed by atoms with Gasteiger partial charge in [0.1, 0.15) is 0 Å². The molecule has 5 nitrogen and oxygen atoms in total. The highest BCUT2D eigenvalue weighted by Gasteiger charge is 2.10. The molecule has 90 valence electrons. The summed E-state index contributed by atoms with van der Waals surface area (Å²) in [5.41, 5.74) is 0.939. The smallest absolute Gasteiger partial charge is 0.191 e. The minimum absolute atomic E-state index is 0.0104. The highest BCUT2D eigenvalue weighted by Crippen LogP contribution is 2.21. The average molecular weight is 272 g/mol. The first-order valence-corrected chi connectivity index (χ1v) is 5.83. The molecule has 0 aliphatic carbocycles. The molecule has 0 aliphatic rings. The number of H-pyrrole nitrogens is 1. The number of rotatable bonds is 4. The molecule has 0 spiro atoms. The van der Waals surface area contributed by atoms with Crippen LogP contribution in [-0.2, 0) is 6.54 Å². The molecule has 1 aromatic carbocycles. The first-order valence-electron chi connectivity index (χ1n) is 5.07. The third-order valence-electron chi connectivity index (χ3n) is 2.36. The van der Waals surface area contributed by atoms with E-state index in [1.165, 1.54) is 0 Å². The molecule has 2 aromatic rings. The number of hydrogen-bond acceptors (Lipinski definition) is 4. The summed E-state index contributed by atoms with van der Waals surface area (Å²) < 4.78 is 0. The molecule has 1 aromatic heterocycles. The lowest BCUT2D eigenvalue weighted by molar-refractivity contribution is 0.547. The predicted octanol–water partition coefficient (Wildman–Crippen LogP) is 2.36. The van der Waals surface area contributed by atoms with Crippen molar-refractivity contribution >= 4 is 23.2 Å². The van der Waals surface area contributed by atoms with E-state index in [1.54, 1.807) is 12.1 Å². The fourth-order valence-electron chi connectivity index (χ4n) is 1.39. The van der Waals surface area contributed by atoms with E-state index in [2.05, 4.69) is 25.9 Å². The van der Waals surface area contributed by atoms with Crippen LogP contribution in [-0.4, -0.2) is 20.6 Å². The molecule has 2 rings (SSSR count). The summed E-state index contributed by atoms with van der Waals surface area (Å²) in [6.07, 6.45) is 0. The van der Waals surface area contributed by atoms with E-state index in [4.69, 9.17) is 23.2 Å². The van der Waals surface area contributed by atoms with Crippen LogP contribution in [0.5, 0.6) is 0 Å². The van der Waals surface area contributed by atoms with Gasteiger partial charge in [0.15, 0.2) is 5.82 Å². The summed E-state index contributed by atoms with van der Waals surface area (Å²) in [6.45, 7) is 2.54. The first-order chi connectivity index (χ1) is 8.16. The Morgan fingerprint density at radius 3 is 2.94 bits per heavy atom. The van der Waals surface area contributed by atoms with E-state index in [0.717, 1.165) is 5.56 Å². The largest absolute Gasteiger partial charge is 0.303 e. The van der Waals surface area contributed by atoms with Crippen LogP contribution in [0.1, 0.15) is 24.4 Å². The zero-order chi connectivity index (χ0) is 12.3. The van der Waals surface area contributed by atoms with Gasteiger partial charge in [0.05, 0.1) is 6.04 Å². The second kappa shape index (κ2) is 5.44. The molecule has 0 aliphatic heterocycles. The first kappa shape index (κ1) is 12.3. The van der Waals surface area contributed by atoms with Crippen molar-refractivity contribution < 1.29 is 0 Å². The number of nitrogens with one attached hydrogen (secondary N) is 2. The number of aromatic nitrogens is 4. The van der Waals surface area contributed by atoms with Gasteiger partial charge in [-0.1, -0.05) is 28.4 Å². The SMILES string of the molecule is CC(NCc1cc(Cl)ccc1Cl)c1nn[nH]n1. The molecule has 0 radical (unpaired) electrons. The third kappa shape index (κ3) is 3.15. The van der Waals surface area contributed by atoms with Gasteiger partial charge in [0.25, 0.3) is 0 Å². The van der Waals surface area contributed by atoms with Gasteiger partial charge in [0.2, 0.25) is 0 Å². The fourth-order valence-corrected chi connectivity index (χ4v) is 1.77. The van der Waals surface area contributed by atoms with Crippen LogP contribution in [0.4, 0.5) is 0 Å². The normalized spacial score (nSPS) is 12.6. The van der Waals surface area contributed by atoms with Crippen molar-refractivity contribution in [3.05, 3.63) is 39.6 Å². The molecule has 17 heavy (non-hydrogen) atoms. The lowest BCUT2D eigenvalue weighted by Crippen LogP contribution is -2.19. The van der Waals surface area contributed by atoms with Gasteiger partial charge in [-0.2, -0.15) is 5.21 Å². The minimum Gasteiger partial charge on any atom is -0.303 e. The Morgan fingerprint density at radius 2 is 2.24 bits per heavy atom. The van der Waals surface area contributed by atoms with Crippen LogP contribution in [0.2, 0.25) is 10.0 Å². The Balaban J connectivity index is 2.00. The summed E-state index contributed by atoms with van der Waals surface area (Å²) in [5.74, 6) is 0.614. The summed E-state index contributed by atoms with van der Waals surface area (Å²) >= 11 is 12.0. The van der Waals surface area contributed by atoms with Gasteiger partial charge >= 0.3 is 0 Å². The maximum Gasteiger partial charge on any atom is 0.191 e. The molecule has 0 saturated carbocycles. The van der Waals surface area contributed by atoms with Crippen molar-refractivity contribution in [1.29, 1.82) is 0 Å². The Bertz CT molecular complexity index is 485. The number of benzene rings is 1. The van der Waals surface area contributed by atoms with E-state index in [9.17, 15) is 0 Å². The van der Waals surface area contributed by atoms with E-state index >= 15 is 0 Å². The van der Waals surface area contributed by atoms with Crippen molar-refractivity contribution in [3.8, 4) is 0 Å². The second-order valence-corrected chi connectivity index (χ2v) is 4.45. The van der Waals surface area contributed by atoms with Crippen molar-refractivity contribution in [1.82, 2.24) is 25.9 Å². The quantitative estimate of drug-likeness (QED) is 0.896. The fraction of sp³-hybridized carbons (Fsp3) is 0.300. The van der Waals surface area contributed by atoms with Crippen LogP contribution >= 0.6 is 23.2 Å². The standard InChI is InChI=1S/C10H11Cl2N5/c1-6(10-14-16-17-15-10)13-5-7-4-8(11)2-3-9(7)12/h2-4,6,13H,5H2,1H3,(H,14,15,16,17). The number of nitrogens with zero attached hydrogens (tertiary/aromatic N) is 3. The van der Waals surface area contributed by atoms with Crippen LogP contribution < -0.4 is 5.32 Å².